The van der Waals surface area contributed by atoms with Crippen LogP contribution in [0.1, 0.15) is 14.8 Å². The molecule has 3 nitrogen and oxygen atoms in total. The average Bonchev–Trinajstić information content (AvgIpc) is 1.30. The van der Waals surface area contributed by atoms with Crippen LogP contribution in [0.5, 0.6) is 0 Å². The van der Waals surface area contributed by atoms with Crippen molar-refractivity contribution < 1.29 is 83.3 Å². The van der Waals surface area contributed by atoms with Crippen molar-refractivity contribution in [3.8, 4) is 0 Å². The van der Waals surface area contributed by atoms with Crippen LogP contribution in [0.25, 0.3) is 0 Å². The van der Waals surface area contributed by atoms with Gasteiger partial charge in [0, 0.05) is 0 Å². The van der Waals surface area contributed by atoms with Gasteiger partial charge >= 0.3 is 68.9 Å². The molecule has 0 saturated heterocycles. The van der Waals surface area contributed by atoms with Crippen LogP contribution < -0.4 is 68.9 Å². The van der Waals surface area contributed by atoms with Gasteiger partial charge in [0.25, 0.3) is 10.1 Å². The molecule has 0 aliphatic carbocycles. The Balaban J connectivity index is -0.000000180. The van der Waals surface area contributed by atoms with E-state index in [-0.39, 0.29) is 76.1 Å². The molecule has 0 radical (unpaired) electrons. The van der Waals surface area contributed by atoms with Gasteiger partial charge in [0.2, 0.25) is 0 Å². The van der Waals surface area contributed by atoms with Gasteiger partial charge in [-0.05, 0) is 6.42 Å². The molecule has 8 heavy (non-hydrogen) atoms. The van der Waals surface area contributed by atoms with Gasteiger partial charge in [-0.1, -0.05) is 6.92 Å². The summed E-state index contributed by atoms with van der Waals surface area (Å²) in [6, 6.07) is 0. The zero-order valence-corrected chi connectivity index (χ0v) is 12.2. The third-order valence-corrected chi connectivity index (χ3v) is 1.39. The molecule has 0 saturated carbocycles. The van der Waals surface area contributed by atoms with Gasteiger partial charge in [-0.3, -0.25) is 4.55 Å². The van der Waals surface area contributed by atoms with Crippen molar-refractivity contribution in [1.29, 1.82) is 0 Å². The monoisotopic (exact) mass is 258 g/mol. The predicted octanol–water partition coefficient (Wildman–Crippen LogP) is -2.60. The number of hydrogen-bond donors (Lipinski definition) is 1. The van der Waals surface area contributed by atoms with Gasteiger partial charge in [0.05, 0.1) is 5.75 Å². The normalized spacial score (nSPS) is 10.2. The SMILES string of the molecule is CCCS(=O)(=O)O.[Cs+].[H-]. The number of rotatable bonds is 2. The van der Waals surface area contributed by atoms with E-state index in [0.717, 1.165) is 0 Å². The molecule has 46 valence electrons. The van der Waals surface area contributed by atoms with Crippen molar-refractivity contribution in [2.45, 2.75) is 13.3 Å². The Labute approximate surface area is 110 Å². The summed E-state index contributed by atoms with van der Waals surface area (Å²) in [6.45, 7) is 1.69. The van der Waals surface area contributed by atoms with Crippen LogP contribution in [-0.4, -0.2) is 18.7 Å². The fourth-order valence-corrected chi connectivity index (χ4v) is 0.774. The van der Waals surface area contributed by atoms with E-state index in [1.807, 2.05) is 0 Å². The topological polar surface area (TPSA) is 54.4 Å². The standard InChI is InChI=1S/C3H8O3S.Cs.H/c1-2-3-7(4,5)6;;/h2-3H2,1H3,(H,4,5,6);;/q;+1;-1. The van der Waals surface area contributed by atoms with E-state index >= 15 is 0 Å². The van der Waals surface area contributed by atoms with Crippen molar-refractivity contribution >= 4 is 10.1 Å². The molecule has 0 aromatic heterocycles. The third kappa shape index (κ3) is 10.9. The summed E-state index contributed by atoms with van der Waals surface area (Å²) in [6.07, 6.45) is 0.471. The molecule has 0 fully saturated rings. The average molecular weight is 258 g/mol. The van der Waals surface area contributed by atoms with Crippen molar-refractivity contribution in [2.24, 2.45) is 0 Å². The summed E-state index contributed by atoms with van der Waals surface area (Å²) in [5, 5.41) is 0. The second-order valence-electron chi connectivity index (χ2n) is 1.29. The van der Waals surface area contributed by atoms with E-state index in [4.69, 9.17) is 4.55 Å². The van der Waals surface area contributed by atoms with E-state index in [1.165, 1.54) is 0 Å². The summed E-state index contributed by atoms with van der Waals surface area (Å²) in [4.78, 5) is 0. The van der Waals surface area contributed by atoms with Crippen molar-refractivity contribution in [2.75, 3.05) is 5.75 Å². The van der Waals surface area contributed by atoms with E-state index in [0.29, 0.717) is 6.42 Å². The molecule has 0 unspecified atom stereocenters. The maximum Gasteiger partial charge on any atom is 1.00 e. The minimum atomic E-state index is -3.67. The molecule has 0 bridgehead atoms. The van der Waals surface area contributed by atoms with Gasteiger partial charge in [-0.25, -0.2) is 0 Å². The van der Waals surface area contributed by atoms with Crippen LogP contribution in [0.15, 0.2) is 0 Å². The Kier molecular flexibility index (Phi) is 9.03. The largest absolute Gasteiger partial charge is 1.00 e. The molecule has 0 aliphatic rings. The van der Waals surface area contributed by atoms with Gasteiger partial charge in [-0.15, -0.1) is 0 Å². The van der Waals surface area contributed by atoms with E-state index in [2.05, 4.69) is 0 Å². The molecule has 0 amide bonds. The fourth-order valence-electron chi connectivity index (χ4n) is 0.258. The first-order valence-corrected chi connectivity index (χ1v) is 3.62. The van der Waals surface area contributed by atoms with Crippen molar-refractivity contribution in [3.05, 3.63) is 0 Å². The molecule has 0 spiro atoms. The molecular weight excluding hydrogens is 249 g/mol. The first-order chi connectivity index (χ1) is 3.06. The van der Waals surface area contributed by atoms with Crippen molar-refractivity contribution in [3.63, 3.8) is 0 Å². The van der Waals surface area contributed by atoms with Crippen LogP contribution in [0.2, 0.25) is 0 Å². The van der Waals surface area contributed by atoms with Gasteiger partial charge in [0.15, 0.2) is 0 Å². The zero-order chi connectivity index (χ0) is 5.91. The Morgan fingerprint density at radius 1 is 1.62 bits per heavy atom. The molecule has 0 aromatic carbocycles. The maximum atomic E-state index is 9.79. The van der Waals surface area contributed by atoms with Crippen LogP contribution >= 0.6 is 0 Å². The van der Waals surface area contributed by atoms with Crippen LogP contribution in [0.4, 0.5) is 0 Å². The molecule has 0 heterocycles. The second-order valence-corrected chi connectivity index (χ2v) is 2.86. The van der Waals surface area contributed by atoms with Gasteiger partial charge in [0.1, 0.15) is 0 Å². The summed E-state index contributed by atoms with van der Waals surface area (Å²) in [5.41, 5.74) is 0. The van der Waals surface area contributed by atoms with E-state index < -0.39 is 10.1 Å². The summed E-state index contributed by atoms with van der Waals surface area (Å²) in [7, 11) is -3.67. The Morgan fingerprint density at radius 3 is 2.00 bits per heavy atom. The van der Waals surface area contributed by atoms with E-state index in [9.17, 15) is 8.42 Å². The fraction of sp³-hybridized carbons (Fsp3) is 1.00. The van der Waals surface area contributed by atoms with Gasteiger partial charge < -0.3 is 1.43 Å². The quantitative estimate of drug-likeness (QED) is 0.553. The van der Waals surface area contributed by atoms with Gasteiger partial charge in [-0.2, -0.15) is 8.42 Å². The Bertz CT molecular complexity index is 132. The predicted molar refractivity (Wildman–Crippen MR) is 27.8 cm³/mol. The van der Waals surface area contributed by atoms with Crippen LogP contribution in [-0.2, 0) is 10.1 Å². The zero-order valence-electron chi connectivity index (χ0n) is 6.09. The second kappa shape index (κ2) is 5.72. The Hall–Kier alpha value is 1.96. The first kappa shape index (κ1) is 12.6. The third-order valence-electron chi connectivity index (χ3n) is 0.462. The number of hydrogen-bond acceptors (Lipinski definition) is 2. The minimum Gasteiger partial charge on any atom is -1.00 e. The molecular formula is C3H9CsO3S. The molecule has 5 heteroatoms. The maximum absolute atomic E-state index is 9.79. The molecule has 1 N–H and O–H groups in total. The molecule has 0 rings (SSSR count). The molecule has 0 aliphatic heterocycles. The summed E-state index contributed by atoms with van der Waals surface area (Å²) < 4.78 is 27.6. The smallest absolute Gasteiger partial charge is 1.00 e. The van der Waals surface area contributed by atoms with Crippen LogP contribution in [0, 0.1) is 0 Å². The van der Waals surface area contributed by atoms with Crippen LogP contribution in [0.3, 0.4) is 0 Å². The summed E-state index contributed by atoms with van der Waals surface area (Å²) >= 11 is 0. The van der Waals surface area contributed by atoms with Crippen molar-refractivity contribution in [1.82, 2.24) is 0 Å². The first-order valence-electron chi connectivity index (χ1n) is 2.01. The Morgan fingerprint density at radius 2 is 2.00 bits per heavy atom. The minimum absolute atomic E-state index is 0. The molecule has 0 atom stereocenters. The van der Waals surface area contributed by atoms with E-state index in [1.54, 1.807) is 6.92 Å². The molecule has 0 aromatic rings. The summed E-state index contributed by atoms with van der Waals surface area (Å²) in [5.74, 6) is -0.132.